The monoisotopic (exact) mass is 317 g/mol. The molecule has 23 heavy (non-hydrogen) atoms. The molecule has 8 heteroatoms. The van der Waals surface area contributed by atoms with E-state index in [-0.39, 0.29) is 17.3 Å². The van der Waals surface area contributed by atoms with Gasteiger partial charge in [-0.15, -0.1) is 0 Å². The molecule has 1 aromatic heterocycles. The molecular formula is C15H16FN5O2. The van der Waals surface area contributed by atoms with Gasteiger partial charge >= 0.3 is 5.69 Å². The number of anilines is 2. The van der Waals surface area contributed by atoms with Crippen molar-refractivity contribution in [1.82, 2.24) is 9.97 Å². The van der Waals surface area contributed by atoms with E-state index in [1.54, 1.807) is 12.1 Å². The van der Waals surface area contributed by atoms with E-state index < -0.39 is 4.92 Å². The molecule has 1 aromatic carbocycles. The van der Waals surface area contributed by atoms with Gasteiger partial charge in [0.2, 0.25) is 11.8 Å². The van der Waals surface area contributed by atoms with Crippen LogP contribution in [0.5, 0.6) is 0 Å². The lowest BCUT2D eigenvalue weighted by Gasteiger charge is -2.22. The van der Waals surface area contributed by atoms with Crippen LogP contribution in [0, 0.1) is 21.8 Å². The molecule has 2 N–H and O–H groups in total. The van der Waals surface area contributed by atoms with Crippen LogP contribution in [0.1, 0.15) is 18.4 Å². The van der Waals surface area contributed by atoms with Crippen molar-refractivity contribution in [3.05, 3.63) is 52.0 Å². The molecule has 1 heterocycles. The van der Waals surface area contributed by atoms with Crippen LogP contribution in [-0.2, 0) is 6.54 Å². The van der Waals surface area contributed by atoms with Gasteiger partial charge in [-0.05, 0) is 36.5 Å². The molecule has 3 rings (SSSR count). The number of halogens is 1. The summed E-state index contributed by atoms with van der Waals surface area (Å²) in [5, 5.41) is 10.8. The first-order chi connectivity index (χ1) is 11.0. The lowest BCUT2D eigenvalue weighted by atomic mass is 10.2. The van der Waals surface area contributed by atoms with E-state index >= 15 is 0 Å². The fraction of sp³-hybridized carbons (Fsp3) is 0.333. The average molecular weight is 317 g/mol. The fourth-order valence-corrected chi connectivity index (χ4v) is 2.31. The third kappa shape index (κ3) is 3.71. The van der Waals surface area contributed by atoms with E-state index in [0.717, 1.165) is 31.1 Å². The Morgan fingerprint density at radius 1 is 1.35 bits per heavy atom. The third-order valence-corrected chi connectivity index (χ3v) is 3.73. The second-order valence-corrected chi connectivity index (χ2v) is 5.65. The van der Waals surface area contributed by atoms with Crippen molar-refractivity contribution in [2.24, 2.45) is 5.92 Å². The summed E-state index contributed by atoms with van der Waals surface area (Å²) >= 11 is 0. The lowest BCUT2D eigenvalue weighted by Crippen LogP contribution is -2.27. The maximum atomic E-state index is 13.0. The summed E-state index contributed by atoms with van der Waals surface area (Å²) in [6.07, 6.45) is 3.41. The molecule has 120 valence electrons. The normalized spacial score (nSPS) is 13.8. The molecule has 0 radical (unpaired) electrons. The second kappa shape index (κ2) is 6.15. The lowest BCUT2D eigenvalue weighted by molar-refractivity contribution is -0.384. The van der Waals surface area contributed by atoms with Crippen molar-refractivity contribution in [2.45, 2.75) is 19.4 Å². The van der Waals surface area contributed by atoms with Gasteiger partial charge in [0.15, 0.2) is 0 Å². The van der Waals surface area contributed by atoms with Crippen LogP contribution in [0.15, 0.2) is 30.5 Å². The van der Waals surface area contributed by atoms with Crippen LogP contribution in [-0.4, -0.2) is 21.4 Å². The highest BCUT2D eigenvalue weighted by Crippen LogP contribution is 2.32. The van der Waals surface area contributed by atoms with Crippen molar-refractivity contribution >= 4 is 17.5 Å². The van der Waals surface area contributed by atoms with Gasteiger partial charge in [-0.3, -0.25) is 10.1 Å². The first kappa shape index (κ1) is 15.1. The van der Waals surface area contributed by atoms with Crippen LogP contribution in [0.25, 0.3) is 0 Å². The van der Waals surface area contributed by atoms with Gasteiger partial charge < -0.3 is 10.6 Å². The highest BCUT2D eigenvalue weighted by Gasteiger charge is 2.26. The molecule has 2 aromatic rings. The summed E-state index contributed by atoms with van der Waals surface area (Å²) in [5.41, 5.74) is 6.26. The Hall–Kier alpha value is -2.77. The van der Waals surface area contributed by atoms with Crippen LogP contribution < -0.4 is 10.6 Å². The number of hydrogen-bond donors (Lipinski definition) is 1. The van der Waals surface area contributed by atoms with Crippen LogP contribution >= 0.6 is 0 Å². The van der Waals surface area contributed by atoms with E-state index in [1.165, 1.54) is 12.1 Å². The predicted molar refractivity (Wildman–Crippen MR) is 83.3 cm³/mol. The van der Waals surface area contributed by atoms with Gasteiger partial charge in [0.05, 0.1) is 4.92 Å². The molecule has 0 amide bonds. The molecule has 1 aliphatic rings. The topological polar surface area (TPSA) is 98.2 Å². The highest BCUT2D eigenvalue weighted by atomic mass is 19.1. The zero-order chi connectivity index (χ0) is 16.4. The molecule has 0 bridgehead atoms. The Labute approximate surface area is 132 Å². The van der Waals surface area contributed by atoms with Gasteiger partial charge in [-0.1, -0.05) is 12.1 Å². The standard InChI is InChI=1S/C15H16FN5O2/c16-12-5-3-11(4-6-12)9-20(8-10-1-2-10)15-18-7-13(21(22)23)14(17)19-15/h3-7,10H,1-2,8-9H2,(H2,17,18,19). The molecule has 0 aliphatic heterocycles. The van der Waals surface area contributed by atoms with Crippen LogP contribution in [0.3, 0.4) is 0 Å². The Balaban J connectivity index is 1.84. The van der Waals surface area contributed by atoms with Crippen molar-refractivity contribution in [3.63, 3.8) is 0 Å². The molecule has 0 saturated heterocycles. The number of rotatable bonds is 6. The smallest absolute Gasteiger partial charge is 0.329 e. The summed E-state index contributed by atoms with van der Waals surface area (Å²) in [4.78, 5) is 20.3. The second-order valence-electron chi connectivity index (χ2n) is 5.65. The number of hydrogen-bond acceptors (Lipinski definition) is 6. The first-order valence-corrected chi connectivity index (χ1v) is 7.29. The Kier molecular flexibility index (Phi) is 4.05. The van der Waals surface area contributed by atoms with E-state index in [0.29, 0.717) is 18.4 Å². The van der Waals surface area contributed by atoms with Crippen molar-refractivity contribution in [1.29, 1.82) is 0 Å². The summed E-state index contributed by atoms with van der Waals surface area (Å²) < 4.78 is 13.0. The van der Waals surface area contributed by atoms with Crippen molar-refractivity contribution in [2.75, 3.05) is 17.2 Å². The largest absolute Gasteiger partial charge is 0.378 e. The Morgan fingerprint density at radius 3 is 2.61 bits per heavy atom. The molecule has 7 nitrogen and oxygen atoms in total. The molecule has 1 fully saturated rings. The van der Waals surface area contributed by atoms with E-state index in [9.17, 15) is 14.5 Å². The first-order valence-electron chi connectivity index (χ1n) is 7.29. The fourth-order valence-electron chi connectivity index (χ4n) is 2.31. The Morgan fingerprint density at radius 2 is 2.04 bits per heavy atom. The van der Waals surface area contributed by atoms with E-state index in [1.807, 2.05) is 4.90 Å². The number of nitrogens with zero attached hydrogens (tertiary/aromatic N) is 4. The maximum Gasteiger partial charge on any atom is 0.329 e. The van der Waals surface area contributed by atoms with Gasteiger partial charge in [-0.25, -0.2) is 9.37 Å². The predicted octanol–water partition coefficient (Wildman–Crippen LogP) is 2.52. The third-order valence-electron chi connectivity index (χ3n) is 3.73. The SMILES string of the molecule is Nc1nc(N(Cc2ccc(F)cc2)CC2CC2)ncc1[N+](=O)[O-]. The maximum absolute atomic E-state index is 13.0. The zero-order valence-electron chi connectivity index (χ0n) is 12.4. The average Bonchev–Trinajstić information content (AvgIpc) is 3.32. The van der Waals surface area contributed by atoms with E-state index in [2.05, 4.69) is 9.97 Å². The number of benzene rings is 1. The molecular weight excluding hydrogens is 301 g/mol. The van der Waals surface area contributed by atoms with Gasteiger partial charge in [-0.2, -0.15) is 4.98 Å². The highest BCUT2D eigenvalue weighted by molar-refractivity contribution is 5.54. The summed E-state index contributed by atoms with van der Waals surface area (Å²) in [6.45, 7) is 1.24. The van der Waals surface area contributed by atoms with Gasteiger partial charge in [0.25, 0.3) is 0 Å². The molecule has 1 saturated carbocycles. The molecule has 0 spiro atoms. The quantitative estimate of drug-likeness (QED) is 0.649. The van der Waals surface area contributed by atoms with E-state index in [4.69, 9.17) is 5.73 Å². The number of nitro groups is 1. The summed E-state index contributed by atoms with van der Waals surface area (Å²) in [7, 11) is 0. The zero-order valence-corrected chi connectivity index (χ0v) is 12.4. The molecule has 1 aliphatic carbocycles. The summed E-state index contributed by atoms with van der Waals surface area (Å²) in [6, 6.07) is 6.19. The number of nitrogen functional groups attached to an aromatic ring is 1. The van der Waals surface area contributed by atoms with Gasteiger partial charge in [0.1, 0.15) is 12.0 Å². The van der Waals surface area contributed by atoms with Crippen molar-refractivity contribution < 1.29 is 9.31 Å². The Bertz CT molecular complexity index is 718. The van der Waals surface area contributed by atoms with Crippen molar-refractivity contribution in [3.8, 4) is 0 Å². The van der Waals surface area contributed by atoms with Crippen LogP contribution in [0.2, 0.25) is 0 Å². The number of aromatic nitrogens is 2. The van der Waals surface area contributed by atoms with Gasteiger partial charge in [0, 0.05) is 13.1 Å². The minimum atomic E-state index is -0.607. The minimum Gasteiger partial charge on any atom is -0.378 e. The number of nitrogens with two attached hydrogens (primary N) is 1. The summed E-state index contributed by atoms with van der Waals surface area (Å²) in [5.74, 6) is 0.470. The van der Waals surface area contributed by atoms with Crippen LogP contribution in [0.4, 0.5) is 21.8 Å². The molecule has 0 unspecified atom stereocenters. The molecule has 0 atom stereocenters. The minimum absolute atomic E-state index is 0.153.